The first-order valence-electron chi connectivity index (χ1n) is 9.43. The quantitative estimate of drug-likeness (QED) is 0.697. The molecule has 2 heteroatoms. The molecule has 2 aliphatic carbocycles. The highest BCUT2D eigenvalue weighted by atomic mass is 16.1. The second-order valence-electron chi connectivity index (χ2n) is 6.94. The van der Waals surface area contributed by atoms with E-state index in [1.165, 1.54) is 54.4 Å². The largest absolute Gasteiger partial charge is 0.315 e. The lowest BCUT2D eigenvalue weighted by molar-refractivity contribution is 0.611. The number of hydrogen-bond donors (Lipinski definition) is 0. The van der Waals surface area contributed by atoms with E-state index in [0.717, 1.165) is 38.6 Å². The Labute approximate surface area is 139 Å². The van der Waals surface area contributed by atoms with Crippen molar-refractivity contribution in [3.05, 3.63) is 45.9 Å². The number of aromatic nitrogens is 1. The van der Waals surface area contributed by atoms with Crippen molar-refractivity contribution in [2.24, 2.45) is 0 Å². The molecular weight excluding hydrogens is 282 g/mol. The molecule has 0 aliphatic heterocycles. The summed E-state index contributed by atoms with van der Waals surface area (Å²) in [5, 5.41) is 0. The molecule has 0 N–H and O–H groups in total. The summed E-state index contributed by atoms with van der Waals surface area (Å²) in [6.45, 7) is 3.02. The van der Waals surface area contributed by atoms with Gasteiger partial charge in [-0.05, 0) is 74.5 Å². The molecule has 0 aromatic carbocycles. The van der Waals surface area contributed by atoms with Crippen LogP contribution in [0.5, 0.6) is 0 Å². The Morgan fingerprint density at radius 1 is 0.957 bits per heavy atom. The first-order valence-corrected chi connectivity index (χ1v) is 9.43. The second kappa shape index (κ2) is 7.81. The van der Waals surface area contributed by atoms with Gasteiger partial charge in [-0.3, -0.25) is 4.79 Å². The molecular formula is C21H29NO. The molecule has 0 saturated carbocycles. The van der Waals surface area contributed by atoms with Crippen LogP contribution in [0.3, 0.4) is 0 Å². The molecule has 124 valence electrons. The van der Waals surface area contributed by atoms with Gasteiger partial charge in [0, 0.05) is 24.4 Å². The van der Waals surface area contributed by atoms with Crippen molar-refractivity contribution in [3.63, 3.8) is 0 Å². The minimum Gasteiger partial charge on any atom is -0.315 e. The molecule has 23 heavy (non-hydrogen) atoms. The van der Waals surface area contributed by atoms with Crippen LogP contribution < -0.4 is 5.56 Å². The lowest BCUT2D eigenvalue weighted by Crippen LogP contribution is -2.21. The Morgan fingerprint density at radius 2 is 1.61 bits per heavy atom. The van der Waals surface area contributed by atoms with Crippen molar-refractivity contribution < 1.29 is 0 Å². The van der Waals surface area contributed by atoms with Crippen LogP contribution in [0.4, 0.5) is 0 Å². The molecule has 0 amide bonds. The molecule has 1 aromatic heterocycles. The standard InChI is InChI=1S/C21H29NO/c1-2-3-14-22-16-20(18-12-8-5-9-13-18)19(15-21(22)23)17-10-6-4-7-11-17/h10,12,15-16H,2-9,11,13-14H2,1H3. The van der Waals surface area contributed by atoms with E-state index in [0.29, 0.717) is 0 Å². The fourth-order valence-electron chi connectivity index (χ4n) is 3.76. The van der Waals surface area contributed by atoms with Crippen molar-refractivity contribution in [1.82, 2.24) is 4.57 Å². The molecule has 0 unspecified atom stereocenters. The van der Waals surface area contributed by atoms with E-state index < -0.39 is 0 Å². The lowest BCUT2D eigenvalue weighted by atomic mass is 9.86. The van der Waals surface area contributed by atoms with E-state index in [-0.39, 0.29) is 5.56 Å². The second-order valence-corrected chi connectivity index (χ2v) is 6.94. The van der Waals surface area contributed by atoms with Crippen LogP contribution in [0.2, 0.25) is 0 Å². The topological polar surface area (TPSA) is 22.0 Å². The van der Waals surface area contributed by atoms with Crippen molar-refractivity contribution in [3.8, 4) is 0 Å². The summed E-state index contributed by atoms with van der Waals surface area (Å²) >= 11 is 0. The van der Waals surface area contributed by atoms with E-state index in [2.05, 4.69) is 25.3 Å². The molecule has 0 saturated heterocycles. The molecule has 0 radical (unpaired) electrons. The Morgan fingerprint density at radius 3 is 2.17 bits per heavy atom. The van der Waals surface area contributed by atoms with Gasteiger partial charge in [0.15, 0.2) is 0 Å². The van der Waals surface area contributed by atoms with Crippen LogP contribution in [0.25, 0.3) is 11.1 Å². The summed E-state index contributed by atoms with van der Waals surface area (Å²) in [4.78, 5) is 12.5. The summed E-state index contributed by atoms with van der Waals surface area (Å²) in [5.41, 5.74) is 5.57. The number of unbranched alkanes of at least 4 members (excludes halogenated alkanes) is 1. The Balaban J connectivity index is 2.05. The molecule has 1 aromatic rings. The highest BCUT2D eigenvalue weighted by Gasteiger charge is 2.17. The maximum absolute atomic E-state index is 12.5. The minimum atomic E-state index is 0.167. The van der Waals surface area contributed by atoms with Gasteiger partial charge < -0.3 is 4.57 Å². The molecule has 0 fully saturated rings. The average Bonchev–Trinajstić information content (AvgIpc) is 2.62. The lowest BCUT2D eigenvalue weighted by Gasteiger charge is -2.21. The maximum atomic E-state index is 12.5. The molecule has 0 spiro atoms. The number of allylic oxidation sites excluding steroid dienone is 4. The van der Waals surface area contributed by atoms with E-state index in [1.54, 1.807) is 0 Å². The monoisotopic (exact) mass is 311 g/mol. The van der Waals surface area contributed by atoms with Gasteiger partial charge in [0.25, 0.3) is 5.56 Å². The average molecular weight is 311 g/mol. The SMILES string of the molecule is CCCCn1cc(C2=CCCCC2)c(C2=CCCCC2)cc1=O. The third-order valence-electron chi connectivity index (χ3n) is 5.15. The van der Waals surface area contributed by atoms with Crippen LogP contribution >= 0.6 is 0 Å². The number of rotatable bonds is 5. The predicted octanol–water partition coefficient (Wildman–Crippen LogP) is 5.56. The van der Waals surface area contributed by atoms with E-state index in [9.17, 15) is 4.79 Å². The molecule has 0 bridgehead atoms. The van der Waals surface area contributed by atoms with Gasteiger partial charge in [-0.15, -0.1) is 0 Å². The molecule has 2 nitrogen and oxygen atoms in total. The highest BCUT2D eigenvalue weighted by molar-refractivity contribution is 5.79. The van der Waals surface area contributed by atoms with Crippen LogP contribution in [0, 0.1) is 0 Å². The maximum Gasteiger partial charge on any atom is 0.251 e. The zero-order valence-corrected chi connectivity index (χ0v) is 14.4. The Hall–Kier alpha value is -1.57. The predicted molar refractivity (Wildman–Crippen MR) is 98.5 cm³/mol. The smallest absolute Gasteiger partial charge is 0.251 e. The summed E-state index contributed by atoms with van der Waals surface area (Å²) in [7, 11) is 0. The Bertz CT molecular complexity index is 663. The number of hydrogen-bond acceptors (Lipinski definition) is 1. The normalized spacial score (nSPS) is 18.5. The summed E-state index contributed by atoms with van der Waals surface area (Å²) in [6.07, 6.45) is 18.9. The van der Waals surface area contributed by atoms with Gasteiger partial charge in [-0.25, -0.2) is 0 Å². The van der Waals surface area contributed by atoms with Gasteiger partial charge >= 0.3 is 0 Å². The van der Waals surface area contributed by atoms with E-state index >= 15 is 0 Å². The van der Waals surface area contributed by atoms with Crippen molar-refractivity contribution in [2.75, 3.05) is 0 Å². The van der Waals surface area contributed by atoms with Crippen molar-refractivity contribution in [1.29, 1.82) is 0 Å². The Kier molecular flexibility index (Phi) is 5.53. The summed E-state index contributed by atoms with van der Waals surface area (Å²) in [5.74, 6) is 0. The van der Waals surface area contributed by atoms with Crippen LogP contribution in [0.1, 0.15) is 82.3 Å². The van der Waals surface area contributed by atoms with Crippen molar-refractivity contribution >= 4 is 11.1 Å². The van der Waals surface area contributed by atoms with Gasteiger partial charge in [0.1, 0.15) is 0 Å². The molecule has 3 rings (SSSR count). The summed E-state index contributed by atoms with van der Waals surface area (Å²) < 4.78 is 1.93. The zero-order chi connectivity index (χ0) is 16.1. The minimum absolute atomic E-state index is 0.167. The number of nitrogens with zero attached hydrogens (tertiary/aromatic N) is 1. The first kappa shape index (κ1) is 16.3. The van der Waals surface area contributed by atoms with Gasteiger partial charge in [0.05, 0.1) is 0 Å². The van der Waals surface area contributed by atoms with Gasteiger partial charge in [-0.1, -0.05) is 25.5 Å². The van der Waals surface area contributed by atoms with Gasteiger partial charge in [-0.2, -0.15) is 0 Å². The summed E-state index contributed by atoms with van der Waals surface area (Å²) in [6, 6.07) is 1.91. The fourth-order valence-corrected chi connectivity index (χ4v) is 3.76. The van der Waals surface area contributed by atoms with E-state index in [1.807, 2.05) is 10.6 Å². The third-order valence-corrected chi connectivity index (χ3v) is 5.15. The molecule has 2 aliphatic rings. The number of pyridine rings is 1. The van der Waals surface area contributed by atoms with Gasteiger partial charge in [0.2, 0.25) is 0 Å². The van der Waals surface area contributed by atoms with Crippen LogP contribution in [-0.2, 0) is 6.54 Å². The van der Waals surface area contributed by atoms with E-state index in [4.69, 9.17) is 0 Å². The van der Waals surface area contributed by atoms with Crippen LogP contribution in [0.15, 0.2) is 29.2 Å². The third kappa shape index (κ3) is 3.85. The number of aryl methyl sites for hydroxylation is 1. The molecule has 0 atom stereocenters. The van der Waals surface area contributed by atoms with Crippen LogP contribution in [-0.4, -0.2) is 4.57 Å². The first-order chi connectivity index (χ1) is 11.3. The highest BCUT2D eigenvalue weighted by Crippen LogP contribution is 2.34. The molecule has 1 heterocycles. The fraction of sp³-hybridized carbons (Fsp3) is 0.571. The zero-order valence-electron chi connectivity index (χ0n) is 14.4. The van der Waals surface area contributed by atoms with Crippen molar-refractivity contribution in [2.45, 2.75) is 77.7 Å².